The summed E-state index contributed by atoms with van der Waals surface area (Å²) in [5.41, 5.74) is 1.94. The van der Waals surface area contributed by atoms with E-state index in [2.05, 4.69) is 13.2 Å². The van der Waals surface area contributed by atoms with Crippen LogP contribution in [0.25, 0.3) is 11.1 Å². The molecule has 0 aliphatic carbocycles. The van der Waals surface area contributed by atoms with E-state index in [1.54, 1.807) is 0 Å². The van der Waals surface area contributed by atoms with Gasteiger partial charge in [-0.05, 0) is 59.7 Å². The Morgan fingerprint density at radius 2 is 0.773 bits per heavy atom. The molecule has 0 radical (unpaired) electrons. The number of para-hydroxylation sites is 2. The first-order valence-corrected chi connectivity index (χ1v) is 14.0. The zero-order valence-corrected chi connectivity index (χ0v) is 24.2. The molecule has 0 N–H and O–H groups in total. The van der Waals surface area contributed by atoms with Gasteiger partial charge < -0.3 is 28.4 Å². The first-order valence-electron chi connectivity index (χ1n) is 14.0. The average Bonchev–Trinajstić information content (AvgIpc) is 3.08. The fourth-order valence-electron chi connectivity index (χ4n) is 3.93. The number of esters is 2. The zero-order chi connectivity index (χ0) is 31.0. The summed E-state index contributed by atoms with van der Waals surface area (Å²) >= 11 is 0. The molecule has 44 heavy (non-hydrogen) atoms. The lowest BCUT2D eigenvalue weighted by Crippen LogP contribution is -2.30. The molecule has 4 aromatic rings. The minimum absolute atomic E-state index is 0.108. The third-order valence-corrected chi connectivity index (χ3v) is 6.17. The van der Waals surface area contributed by atoms with Gasteiger partial charge >= 0.3 is 11.9 Å². The molecule has 4 aromatic carbocycles. The van der Waals surface area contributed by atoms with Gasteiger partial charge in [-0.25, -0.2) is 9.59 Å². The number of hydrogen-bond donors (Lipinski definition) is 0. The van der Waals surface area contributed by atoms with Crippen LogP contribution in [0.1, 0.15) is 0 Å². The van der Waals surface area contributed by atoms with Gasteiger partial charge in [0.15, 0.2) is 12.2 Å². The zero-order valence-electron chi connectivity index (χ0n) is 24.2. The number of rotatable bonds is 17. The fraction of sp³-hybridized carbons (Fsp3) is 0.167. The van der Waals surface area contributed by atoms with Crippen LogP contribution < -0.4 is 18.9 Å². The van der Waals surface area contributed by atoms with Crippen molar-refractivity contribution in [2.45, 2.75) is 12.2 Å². The Bertz CT molecular complexity index is 1350. The Labute approximate surface area is 257 Å². The van der Waals surface area contributed by atoms with Crippen molar-refractivity contribution in [3.8, 4) is 34.1 Å². The van der Waals surface area contributed by atoms with Crippen molar-refractivity contribution in [2.75, 3.05) is 26.4 Å². The molecule has 2 unspecified atom stereocenters. The van der Waals surface area contributed by atoms with Crippen LogP contribution in [0.2, 0.25) is 0 Å². The third kappa shape index (κ3) is 10.4. The summed E-state index contributed by atoms with van der Waals surface area (Å²) in [6.07, 6.45) is 0.962. The average molecular weight is 595 g/mol. The summed E-state index contributed by atoms with van der Waals surface area (Å²) < 4.78 is 34.0. The molecule has 0 fully saturated rings. The minimum atomic E-state index is -0.627. The van der Waals surface area contributed by atoms with Gasteiger partial charge in [-0.3, -0.25) is 0 Å². The van der Waals surface area contributed by atoms with Crippen LogP contribution >= 0.6 is 0 Å². The first-order chi connectivity index (χ1) is 21.5. The molecule has 0 spiro atoms. The number of benzene rings is 4. The van der Waals surface area contributed by atoms with Crippen molar-refractivity contribution in [2.24, 2.45) is 0 Å². The topological polar surface area (TPSA) is 89.5 Å². The molecular formula is C36H34O8. The number of ether oxygens (including phenoxy) is 6. The van der Waals surface area contributed by atoms with E-state index >= 15 is 0 Å². The summed E-state index contributed by atoms with van der Waals surface area (Å²) in [5, 5.41) is 0. The highest BCUT2D eigenvalue weighted by atomic mass is 16.6. The van der Waals surface area contributed by atoms with Gasteiger partial charge in [0.2, 0.25) is 0 Å². The van der Waals surface area contributed by atoms with E-state index in [0.717, 1.165) is 23.3 Å². The van der Waals surface area contributed by atoms with E-state index in [0.29, 0.717) is 23.0 Å². The Kier molecular flexibility index (Phi) is 12.0. The van der Waals surface area contributed by atoms with Crippen molar-refractivity contribution in [1.29, 1.82) is 0 Å². The van der Waals surface area contributed by atoms with Gasteiger partial charge in [-0.2, -0.15) is 0 Å². The second-order valence-electron chi connectivity index (χ2n) is 9.44. The molecule has 226 valence electrons. The van der Waals surface area contributed by atoms with E-state index in [1.807, 2.05) is 109 Å². The number of carbonyl (C=O) groups excluding carboxylic acids is 2. The highest BCUT2D eigenvalue weighted by molar-refractivity contribution is 5.81. The lowest BCUT2D eigenvalue weighted by atomic mass is 10.1. The number of carbonyl (C=O) groups is 2. The Hall–Kier alpha value is -5.50. The van der Waals surface area contributed by atoms with Crippen LogP contribution in [0.5, 0.6) is 23.0 Å². The van der Waals surface area contributed by atoms with Gasteiger partial charge in [0.25, 0.3) is 0 Å². The van der Waals surface area contributed by atoms with Crippen LogP contribution in [0, 0.1) is 0 Å². The molecule has 0 amide bonds. The van der Waals surface area contributed by atoms with Gasteiger partial charge in [0.05, 0.1) is 0 Å². The van der Waals surface area contributed by atoms with Crippen LogP contribution in [-0.2, 0) is 19.1 Å². The fourth-order valence-corrected chi connectivity index (χ4v) is 3.93. The molecular weight excluding hydrogens is 560 g/mol. The predicted octanol–water partition coefficient (Wildman–Crippen LogP) is 6.46. The Balaban J connectivity index is 1.29. The molecule has 4 rings (SSSR count). The SMILES string of the molecule is C=CC(=O)OC(COc1ccccc1)COc1ccc(-c2ccc(OCC(COc3ccccc3)OC(=O)C=C)cc2)cc1. The maximum Gasteiger partial charge on any atom is 0.330 e. The molecule has 0 aliphatic rings. The Morgan fingerprint density at radius 3 is 1.07 bits per heavy atom. The molecule has 2 atom stereocenters. The van der Waals surface area contributed by atoms with Crippen LogP contribution in [0.15, 0.2) is 135 Å². The smallest absolute Gasteiger partial charge is 0.330 e. The summed E-state index contributed by atoms with van der Waals surface area (Å²) in [5.74, 6) is 1.47. The van der Waals surface area contributed by atoms with Crippen molar-refractivity contribution in [3.63, 3.8) is 0 Å². The largest absolute Gasteiger partial charge is 0.490 e. The van der Waals surface area contributed by atoms with Gasteiger partial charge in [0.1, 0.15) is 49.4 Å². The quantitative estimate of drug-likeness (QED) is 0.102. The standard InChI is InChI=1S/C36H34O8/c1-3-35(37)43-33(23-39-29-11-7-5-8-12-29)25-41-31-19-15-27(16-20-31)28-17-21-32(22-18-28)42-26-34(44-36(38)4-2)24-40-30-13-9-6-10-14-30/h3-22,33-34H,1-2,23-26H2. The highest BCUT2D eigenvalue weighted by Crippen LogP contribution is 2.25. The van der Waals surface area contributed by atoms with Crippen LogP contribution in [0.3, 0.4) is 0 Å². The first kappa shape index (κ1) is 31.4. The molecule has 0 aromatic heterocycles. The van der Waals surface area contributed by atoms with E-state index in [4.69, 9.17) is 28.4 Å². The van der Waals surface area contributed by atoms with Crippen LogP contribution in [-0.4, -0.2) is 50.6 Å². The van der Waals surface area contributed by atoms with E-state index in [9.17, 15) is 9.59 Å². The molecule has 0 saturated carbocycles. The lowest BCUT2D eigenvalue weighted by Gasteiger charge is -2.19. The monoisotopic (exact) mass is 594 g/mol. The molecule has 0 saturated heterocycles. The van der Waals surface area contributed by atoms with E-state index in [-0.39, 0.29) is 26.4 Å². The molecule has 0 bridgehead atoms. The summed E-state index contributed by atoms with van der Waals surface area (Å²) in [7, 11) is 0. The van der Waals surface area contributed by atoms with Gasteiger partial charge in [-0.15, -0.1) is 0 Å². The molecule has 8 nitrogen and oxygen atoms in total. The van der Waals surface area contributed by atoms with Gasteiger partial charge in [0, 0.05) is 12.2 Å². The maximum atomic E-state index is 11.8. The van der Waals surface area contributed by atoms with Crippen molar-refractivity contribution in [3.05, 3.63) is 135 Å². The summed E-state index contributed by atoms with van der Waals surface area (Å²) in [4.78, 5) is 23.6. The minimum Gasteiger partial charge on any atom is -0.490 e. The van der Waals surface area contributed by atoms with Crippen molar-refractivity contribution >= 4 is 11.9 Å². The van der Waals surface area contributed by atoms with E-state index in [1.165, 1.54) is 0 Å². The van der Waals surface area contributed by atoms with Crippen molar-refractivity contribution < 1.29 is 38.0 Å². The Morgan fingerprint density at radius 1 is 0.477 bits per heavy atom. The molecule has 0 heterocycles. The van der Waals surface area contributed by atoms with Gasteiger partial charge in [-0.1, -0.05) is 73.8 Å². The second-order valence-corrected chi connectivity index (χ2v) is 9.44. The second kappa shape index (κ2) is 16.8. The highest BCUT2D eigenvalue weighted by Gasteiger charge is 2.17. The summed E-state index contributed by atoms with van der Waals surface area (Å²) in [6.45, 7) is 7.39. The summed E-state index contributed by atoms with van der Waals surface area (Å²) in [6, 6.07) is 33.6. The van der Waals surface area contributed by atoms with Crippen molar-refractivity contribution in [1.82, 2.24) is 0 Å². The molecule has 0 aliphatic heterocycles. The normalized spacial score (nSPS) is 11.7. The molecule has 8 heteroatoms. The van der Waals surface area contributed by atoms with E-state index < -0.39 is 24.1 Å². The number of hydrogen-bond acceptors (Lipinski definition) is 8. The third-order valence-electron chi connectivity index (χ3n) is 6.17. The lowest BCUT2D eigenvalue weighted by molar-refractivity contribution is -0.147. The van der Waals surface area contributed by atoms with Crippen LogP contribution in [0.4, 0.5) is 0 Å². The maximum absolute atomic E-state index is 11.8. The predicted molar refractivity (Wildman–Crippen MR) is 167 cm³/mol.